The highest BCUT2D eigenvalue weighted by atomic mass is 14.7. The molecule has 0 amide bonds. The third-order valence-corrected chi connectivity index (χ3v) is 2.53. The van der Waals surface area contributed by atoms with Crippen LogP contribution in [0.2, 0.25) is 0 Å². The highest BCUT2D eigenvalue weighted by Gasteiger charge is 2.01. The first-order valence-electron chi connectivity index (χ1n) is 5.38. The minimum atomic E-state index is 1.11. The van der Waals surface area contributed by atoms with E-state index < -0.39 is 0 Å². The fourth-order valence-electron chi connectivity index (χ4n) is 1.70. The molecule has 16 heavy (non-hydrogen) atoms. The quantitative estimate of drug-likeness (QED) is 0.725. The van der Waals surface area contributed by atoms with Gasteiger partial charge in [0.05, 0.1) is 0 Å². The Morgan fingerprint density at radius 3 is 2.81 bits per heavy atom. The number of benzene rings is 1. The molecule has 0 aliphatic heterocycles. The van der Waals surface area contributed by atoms with Crippen molar-refractivity contribution >= 4 is 16.5 Å². The van der Waals surface area contributed by atoms with Crippen molar-refractivity contribution in [3.8, 4) is 0 Å². The summed E-state index contributed by atoms with van der Waals surface area (Å²) in [6.07, 6.45) is 7.94. The number of aromatic nitrogens is 1. The number of allylic oxidation sites excluding steroid dienone is 5. The Kier molecular flexibility index (Phi) is 3.06. The van der Waals surface area contributed by atoms with E-state index in [0.717, 1.165) is 16.8 Å². The summed E-state index contributed by atoms with van der Waals surface area (Å²) in [5.74, 6) is 0. The van der Waals surface area contributed by atoms with E-state index in [9.17, 15) is 0 Å². The number of hydrogen-bond donors (Lipinski definition) is 1. The molecule has 0 aliphatic carbocycles. The summed E-state index contributed by atoms with van der Waals surface area (Å²) in [7, 11) is 0. The molecule has 1 N–H and O–H groups in total. The normalized spacial score (nSPS) is 12.4. The Morgan fingerprint density at radius 2 is 2.12 bits per heavy atom. The summed E-state index contributed by atoms with van der Waals surface area (Å²) in [5.41, 5.74) is 3.37. The molecule has 2 aromatic rings. The molecule has 0 radical (unpaired) electrons. The number of nitrogens with one attached hydrogen (secondary N) is 1. The molecule has 2 rings (SSSR count). The molecule has 1 aromatic carbocycles. The lowest BCUT2D eigenvalue weighted by Crippen LogP contribution is -1.78. The van der Waals surface area contributed by atoms with E-state index in [4.69, 9.17) is 0 Å². The van der Waals surface area contributed by atoms with Crippen molar-refractivity contribution in [3.63, 3.8) is 0 Å². The fourth-order valence-corrected chi connectivity index (χ4v) is 1.70. The van der Waals surface area contributed by atoms with Gasteiger partial charge in [-0.3, -0.25) is 0 Å². The first-order valence-corrected chi connectivity index (χ1v) is 5.38. The molecule has 0 fully saturated rings. The molecule has 0 unspecified atom stereocenters. The van der Waals surface area contributed by atoms with E-state index >= 15 is 0 Å². The molecule has 1 heteroatoms. The fraction of sp³-hybridized carbons (Fsp3) is 0.0667. The van der Waals surface area contributed by atoms with Crippen LogP contribution < -0.4 is 0 Å². The van der Waals surface area contributed by atoms with Crippen LogP contribution in [0, 0.1) is 0 Å². The third kappa shape index (κ3) is 1.98. The van der Waals surface area contributed by atoms with Crippen molar-refractivity contribution in [2.24, 2.45) is 0 Å². The Labute approximate surface area is 95.8 Å². The lowest BCUT2D eigenvalue weighted by Gasteiger charge is -1.95. The van der Waals surface area contributed by atoms with Crippen molar-refractivity contribution in [1.82, 2.24) is 4.98 Å². The second kappa shape index (κ2) is 4.67. The van der Waals surface area contributed by atoms with Crippen LogP contribution in [0.1, 0.15) is 12.6 Å². The van der Waals surface area contributed by atoms with Crippen molar-refractivity contribution in [1.29, 1.82) is 0 Å². The molecule has 0 atom stereocenters. The van der Waals surface area contributed by atoms with Gasteiger partial charge in [0, 0.05) is 16.6 Å². The smallest absolute Gasteiger partial charge is 0.0464 e. The van der Waals surface area contributed by atoms with Crippen LogP contribution in [-0.4, -0.2) is 4.98 Å². The monoisotopic (exact) mass is 209 g/mol. The largest absolute Gasteiger partial charge is 0.355 e. The number of fused-ring (bicyclic) bond motifs is 1. The zero-order chi connectivity index (χ0) is 11.4. The maximum Gasteiger partial charge on any atom is 0.0464 e. The van der Waals surface area contributed by atoms with Gasteiger partial charge in [0.25, 0.3) is 0 Å². The molecular weight excluding hydrogens is 194 g/mol. The summed E-state index contributed by atoms with van der Waals surface area (Å²) < 4.78 is 0. The molecule has 1 nitrogen and oxygen atoms in total. The molecule has 80 valence electrons. The Balaban J connectivity index is 2.49. The van der Waals surface area contributed by atoms with Crippen LogP contribution in [0.3, 0.4) is 0 Å². The van der Waals surface area contributed by atoms with Gasteiger partial charge < -0.3 is 4.98 Å². The molecule has 0 saturated carbocycles. The maximum absolute atomic E-state index is 3.84. The second-order valence-electron chi connectivity index (χ2n) is 3.62. The lowest BCUT2D eigenvalue weighted by molar-refractivity contribution is 1.41. The number of aromatic amines is 1. The zero-order valence-electron chi connectivity index (χ0n) is 9.40. The van der Waals surface area contributed by atoms with Gasteiger partial charge in [0.1, 0.15) is 0 Å². The van der Waals surface area contributed by atoms with E-state index in [1.165, 1.54) is 5.39 Å². The van der Waals surface area contributed by atoms with Crippen molar-refractivity contribution in [2.75, 3.05) is 0 Å². The SMILES string of the molecule is C=C/C(=C\C=C/C)c1cc2ccccc2[nH]1. The summed E-state index contributed by atoms with van der Waals surface area (Å²) in [6, 6.07) is 10.4. The lowest BCUT2D eigenvalue weighted by atomic mass is 10.1. The van der Waals surface area contributed by atoms with Gasteiger partial charge in [-0.25, -0.2) is 0 Å². The van der Waals surface area contributed by atoms with Gasteiger partial charge in [-0.2, -0.15) is 0 Å². The molecule has 0 bridgehead atoms. The highest BCUT2D eigenvalue weighted by Crippen LogP contribution is 2.21. The third-order valence-electron chi connectivity index (χ3n) is 2.53. The van der Waals surface area contributed by atoms with E-state index in [0.29, 0.717) is 0 Å². The van der Waals surface area contributed by atoms with Crippen LogP contribution in [0.5, 0.6) is 0 Å². The molecular formula is C15H15N. The zero-order valence-corrected chi connectivity index (χ0v) is 9.40. The first-order chi connectivity index (χ1) is 7.85. The number of para-hydroxylation sites is 1. The minimum Gasteiger partial charge on any atom is -0.355 e. The van der Waals surface area contributed by atoms with Crippen LogP contribution in [0.15, 0.2) is 61.2 Å². The average molecular weight is 209 g/mol. The molecule has 0 spiro atoms. The van der Waals surface area contributed by atoms with E-state index in [1.54, 1.807) is 0 Å². The van der Waals surface area contributed by atoms with Crippen LogP contribution >= 0.6 is 0 Å². The Morgan fingerprint density at radius 1 is 1.31 bits per heavy atom. The predicted molar refractivity (Wildman–Crippen MR) is 71.3 cm³/mol. The molecule has 1 aromatic heterocycles. The van der Waals surface area contributed by atoms with Crippen LogP contribution in [0.4, 0.5) is 0 Å². The Bertz CT molecular complexity index is 523. The molecule has 1 heterocycles. The van der Waals surface area contributed by atoms with Gasteiger partial charge in [0.2, 0.25) is 0 Å². The van der Waals surface area contributed by atoms with E-state index in [2.05, 4.69) is 35.8 Å². The summed E-state index contributed by atoms with van der Waals surface area (Å²) in [5, 5.41) is 1.23. The van der Waals surface area contributed by atoms with Gasteiger partial charge in [-0.15, -0.1) is 0 Å². The topological polar surface area (TPSA) is 15.8 Å². The van der Waals surface area contributed by atoms with Crippen LogP contribution in [0.25, 0.3) is 16.5 Å². The van der Waals surface area contributed by atoms with E-state index in [1.807, 2.05) is 37.3 Å². The molecule has 0 saturated heterocycles. The van der Waals surface area contributed by atoms with Gasteiger partial charge in [-0.05, 0) is 24.6 Å². The van der Waals surface area contributed by atoms with E-state index in [-0.39, 0.29) is 0 Å². The summed E-state index contributed by atoms with van der Waals surface area (Å²) in [4.78, 5) is 3.38. The standard InChI is InChI=1S/C15H15N/c1-3-5-8-12(4-2)15-11-13-9-6-7-10-14(13)16-15/h3-11,16H,2H2,1H3/b5-3-,12-8+. The first kappa shape index (κ1) is 10.5. The average Bonchev–Trinajstić information content (AvgIpc) is 2.73. The van der Waals surface area contributed by atoms with Crippen molar-refractivity contribution < 1.29 is 0 Å². The summed E-state index contributed by atoms with van der Waals surface area (Å²) in [6.45, 7) is 5.84. The second-order valence-corrected chi connectivity index (χ2v) is 3.62. The van der Waals surface area contributed by atoms with Gasteiger partial charge in [-0.1, -0.05) is 49.1 Å². The maximum atomic E-state index is 3.84. The van der Waals surface area contributed by atoms with Gasteiger partial charge in [0.15, 0.2) is 0 Å². The van der Waals surface area contributed by atoms with Crippen molar-refractivity contribution in [2.45, 2.75) is 6.92 Å². The summed E-state index contributed by atoms with van der Waals surface area (Å²) >= 11 is 0. The highest BCUT2D eigenvalue weighted by molar-refractivity contribution is 5.86. The number of rotatable bonds is 3. The van der Waals surface area contributed by atoms with Crippen molar-refractivity contribution in [3.05, 3.63) is 66.9 Å². The Hall–Kier alpha value is -2.02. The predicted octanol–water partition coefficient (Wildman–Crippen LogP) is 4.31. The number of hydrogen-bond acceptors (Lipinski definition) is 0. The minimum absolute atomic E-state index is 1.11. The van der Waals surface area contributed by atoms with Crippen LogP contribution in [-0.2, 0) is 0 Å². The molecule has 0 aliphatic rings. The van der Waals surface area contributed by atoms with Gasteiger partial charge >= 0.3 is 0 Å². The number of H-pyrrole nitrogens is 1.